The highest BCUT2D eigenvalue weighted by atomic mass is 32.2. The van der Waals surface area contributed by atoms with Crippen LogP contribution in [0.5, 0.6) is 0 Å². The van der Waals surface area contributed by atoms with Gasteiger partial charge < -0.3 is 5.11 Å². The molecule has 0 bridgehead atoms. The van der Waals surface area contributed by atoms with Crippen LogP contribution in [0.1, 0.15) is 12.8 Å². The van der Waals surface area contributed by atoms with Crippen LogP contribution in [0, 0.1) is 5.41 Å². The third-order valence-electron chi connectivity index (χ3n) is 2.69. The minimum atomic E-state index is -3.36. The molecule has 0 atom stereocenters. The quantitative estimate of drug-likeness (QED) is 0.808. The normalized spacial score (nSPS) is 19.0. The van der Waals surface area contributed by atoms with E-state index in [0.29, 0.717) is 10.8 Å². The van der Waals surface area contributed by atoms with Gasteiger partial charge in [-0.05, 0) is 24.3 Å². The lowest BCUT2D eigenvalue weighted by atomic mass is 10.1. The molecule has 0 amide bonds. The smallest absolute Gasteiger partial charge is 0.250 e. The van der Waals surface area contributed by atoms with Gasteiger partial charge in [0.15, 0.2) is 0 Å². The largest absolute Gasteiger partial charge is 0.396 e. The number of sulfonamides is 1. The van der Waals surface area contributed by atoms with Gasteiger partial charge in [-0.1, -0.05) is 6.07 Å². The average molecular weight is 247 g/mol. The van der Waals surface area contributed by atoms with Crippen LogP contribution >= 0.6 is 11.3 Å². The summed E-state index contributed by atoms with van der Waals surface area (Å²) < 4.78 is 26.3. The maximum atomic E-state index is 11.7. The van der Waals surface area contributed by atoms with Crippen LogP contribution in [0.15, 0.2) is 21.7 Å². The first kappa shape index (κ1) is 11.1. The van der Waals surface area contributed by atoms with E-state index < -0.39 is 10.0 Å². The van der Waals surface area contributed by atoms with Gasteiger partial charge in [0.2, 0.25) is 10.0 Å². The van der Waals surface area contributed by atoms with E-state index in [1.54, 1.807) is 17.5 Å². The van der Waals surface area contributed by atoms with Crippen molar-refractivity contribution in [2.24, 2.45) is 5.41 Å². The highest BCUT2D eigenvalue weighted by Crippen LogP contribution is 2.44. The molecule has 0 spiro atoms. The predicted molar refractivity (Wildman–Crippen MR) is 58.3 cm³/mol. The molecule has 0 saturated heterocycles. The SMILES string of the molecule is O=S(=O)(NCC1(CO)CC1)c1cccs1. The van der Waals surface area contributed by atoms with E-state index in [1.807, 2.05) is 0 Å². The Morgan fingerprint density at radius 2 is 2.27 bits per heavy atom. The van der Waals surface area contributed by atoms with Gasteiger partial charge >= 0.3 is 0 Å². The molecule has 1 aliphatic rings. The molecule has 0 radical (unpaired) electrons. The molecule has 15 heavy (non-hydrogen) atoms. The summed E-state index contributed by atoms with van der Waals surface area (Å²) in [5.74, 6) is 0. The van der Waals surface area contributed by atoms with Crippen LogP contribution in [-0.4, -0.2) is 26.7 Å². The minimum Gasteiger partial charge on any atom is -0.396 e. The van der Waals surface area contributed by atoms with Crippen LogP contribution in [0.2, 0.25) is 0 Å². The van der Waals surface area contributed by atoms with Crippen molar-refractivity contribution < 1.29 is 13.5 Å². The van der Waals surface area contributed by atoms with E-state index in [0.717, 1.165) is 12.8 Å². The number of nitrogens with one attached hydrogen (secondary N) is 1. The highest BCUT2D eigenvalue weighted by Gasteiger charge is 2.42. The van der Waals surface area contributed by atoms with Crippen LogP contribution < -0.4 is 4.72 Å². The van der Waals surface area contributed by atoms with Crippen molar-refractivity contribution in [3.8, 4) is 0 Å². The van der Waals surface area contributed by atoms with Gasteiger partial charge in [-0.3, -0.25) is 0 Å². The Kier molecular flexibility index (Phi) is 2.85. The fourth-order valence-corrected chi connectivity index (χ4v) is 3.50. The summed E-state index contributed by atoms with van der Waals surface area (Å²) in [6, 6.07) is 3.28. The third-order valence-corrected chi connectivity index (χ3v) is 5.49. The molecule has 1 saturated carbocycles. The lowest BCUT2D eigenvalue weighted by molar-refractivity contribution is 0.213. The molecule has 1 aliphatic carbocycles. The molecule has 4 nitrogen and oxygen atoms in total. The number of hydrogen-bond acceptors (Lipinski definition) is 4. The lowest BCUT2D eigenvalue weighted by Gasteiger charge is -2.11. The topological polar surface area (TPSA) is 66.4 Å². The van der Waals surface area contributed by atoms with Crippen LogP contribution in [0.4, 0.5) is 0 Å². The Labute approximate surface area is 93.0 Å². The molecule has 84 valence electrons. The van der Waals surface area contributed by atoms with E-state index in [-0.39, 0.29) is 12.0 Å². The first-order valence-electron chi connectivity index (χ1n) is 4.72. The van der Waals surface area contributed by atoms with Crippen molar-refractivity contribution in [1.82, 2.24) is 4.72 Å². The number of thiophene rings is 1. The van der Waals surface area contributed by atoms with Gasteiger partial charge in [-0.2, -0.15) is 0 Å². The molecule has 0 unspecified atom stereocenters. The number of rotatable bonds is 5. The summed E-state index contributed by atoms with van der Waals surface area (Å²) in [7, 11) is -3.36. The second kappa shape index (κ2) is 3.86. The molecule has 1 heterocycles. The van der Waals surface area contributed by atoms with Crippen LogP contribution in [-0.2, 0) is 10.0 Å². The minimum absolute atomic E-state index is 0.0555. The molecule has 1 aromatic heterocycles. The number of hydrogen-bond donors (Lipinski definition) is 2. The zero-order valence-corrected chi connectivity index (χ0v) is 9.77. The van der Waals surface area contributed by atoms with Crippen molar-refractivity contribution in [2.45, 2.75) is 17.1 Å². The zero-order chi connectivity index (χ0) is 10.9. The molecule has 2 N–H and O–H groups in total. The average Bonchev–Trinajstić information content (AvgIpc) is 2.77. The number of aliphatic hydroxyl groups excluding tert-OH is 1. The third kappa shape index (κ3) is 2.39. The molecule has 2 rings (SSSR count). The molecule has 0 aliphatic heterocycles. The molecule has 0 aromatic carbocycles. The first-order chi connectivity index (χ1) is 7.08. The second-order valence-electron chi connectivity index (χ2n) is 3.91. The second-order valence-corrected chi connectivity index (χ2v) is 6.86. The van der Waals surface area contributed by atoms with Crippen molar-refractivity contribution >= 4 is 21.4 Å². The first-order valence-corrected chi connectivity index (χ1v) is 7.08. The molecular formula is C9H13NO3S2. The summed E-state index contributed by atoms with van der Waals surface area (Å²) >= 11 is 1.20. The van der Waals surface area contributed by atoms with E-state index in [2.05, 4.69) is 4.72 Å². The van der Waals surface area contributed by atoms with E-state index in [4.69, 9.17) is 5.11 Å². The Balaban J connectivity index is 2.00. The Bertz CT molecular complexity index is 420. The van der Waals surface area contributed by atoms with Crippen molar-refractivity contribution in [2.75, 3.05) is 13.2 Å². The van der Waals surface area contributed by atoms with Gasteiger partial charge in [0, 0.05) is 18.6 Å². The fourth-order valence-electron chi connectivity index (χ4n) is 1.30. The highest BCUT2D eigenvalue weighted by molar-refractivity contribution is 7.91. The summed E-state index contributed by atoms with van der Waals surface area (Å²) in [6.45, 7) is 0.393. The van der Waals surface area contributed by atoms with Gasteiger partial charge in [-0.25, -0.2) is 13.1 Å². The molecule has 1 aromatic rings. The fraction of sp³-hybridized carbons (Fsp3) is 0.556. The van der Waals surface area contributed by atoms with Gasteiger partial charge in [0.1, 0.15) is 4.21 Å². The Hall–Kier alpha value is -0.430. The number of aliphatic hydroxyl groups is 1. The Morgan fingerprint density at radius 1 is 1.53 bits per heavy atom. The Morgan fingerprint density at radius 3 is 2.73 bits per heavy atom. The zero-order valence-electron chi connectivity index (χ0n) is 8.14. The molecule has 1 fully saturated rings. The van der Waals surface area contributed by atoms with Crippen LogP contribution in [0.3, 0.4) is 0 Å². The van der Waals surface area contributed by atoms with E-state index >= 15 is 0 Å². The summed E-state index contributed by atoms with van der Waals surface area (Å²) in [4.78, 5) is 0. The summed E-state index contributed by atoms with van der Waals surface area (Å²) in [6.07, 6.45) is 1.80. The summed E-state index contributed by atoms with van der Waals surface area (Å²) in [5, 5.41) is 10.8. The van der Waals surface area contributed by atoms with Gasteiger partial charge in [-0.15, -0.1) is 11.3 Å². The predicted octanol–water partition coefficient (Wildman–Crippen LogP) is 0.799. The lowest BCUT2D eigenvalue weighted by Crippen LogP contribution is -2.31. The van der Waals surface area contributed by atoms with E-state index in [1.165, 1.54) is 11.3 Å². The maximum absolute atomic E-state index is 11.7. The summed E-state index contributed by atoms with van der Waals surface area (Å²) in [5.41, 5.74) is -0.190. The van der Waals surface area contributed by atoms with Crippen LogP contribution in [0.25, 0.3) is 0 Å². The standard InChI is InChI=1S/C9H13NO3S2/c11-7-9(3-4-9)6-10-15(12,13)8-2-1-5-14-8/h1-2,5,10-11H,3-4,6-7H2. The maximum Gasteiger partial charge on any atom is 0.250 e. The van der Waals surface area contributed by atoms with Gasteiger partial charge in [0.25, 0.3) is 0 Å². The van der Waals surface area contributed by atoms with Crippen molar-refractivity contribution in [3.63, 3.8) is 0 Å². The van der Waals surface area contributed by atoms with Crippen molar-refractivity contribution in [1.29, 1.82) is 0 Å². The van der Waals surface area contributed by atoms with E-state index in [9.17, 15) is 8.42 Å². The monoisotopic (exact) mass is 247 g/mol. The van der Waals surface area contributed by atoms with Crippen molar-refractivity contribution in [3.05, 3.63) is 17.5 Å². The van der Waals surface area contributed by atoms with Gasteiger partial charge in [0.05, 0.1) is 0 Å². The molecular weight excluding hydrogens is 234 g/mol. The molecule has 6 heteroatoms.